The number of aryl methyl sites for hydroxylation is 2. The Hall–Kier alpha value is -2.38. The summed E-state index contributed by atoms with van der Waals surface area (Å²) in [6.07, 6.45) is 7.65. The largest absolute Gasteiger partial charge is 0.316 e. The molecule has 1 heteroatoms. The molecule has 1 nitrogen and oxygen atoms in total. The van der Waals surface area contributed by atoms with Crippen LogP contribution < -0.4 is 5.32 Å². The number of hydrogen-bond donors (Lipinski definition) is 1. The van der Waals surface area contributed by atoms with Gasteiger partial charge < -0.3 is 5.32 Å². The van der Waals surface area contributed by atoms with E-state index in [1.165, 1.54) is 71.9 Å². The van der Waals surface area contributed by atoms with Gasteiger partial charge in [-0.15, -0.1) is 0 Å². The minimum absolute atomic E-state index is 0.922. The molecule has 5 rings (SSSR count). The second-order valence-electron chi connectivity index (χ2n) is 8.04. The molecule has 0 heterocycles. The lowest BCUT2D eigenvalue weighted by Crippen LogP contribution is -2.12. The van der Waals surface area contributed by atoms with Crippen molar-refractivity contribution < 1.29 is 0 Å². The van der Waals surface area contributed by atoms with Crippen molar-refractivity contribution in [2.45, 2.75) is 45.1 Å². The molecule has 1 N–H and O–H groups in total. The number of fused-ring (bicyclic) bond motifs is 5. The van der Waals surface area contributed by atoms with Gasteiger partial charge in [0.25, 0.3) is 0 Å². The van der Waals surface area contributed by atoms with E-state index in [1.807, 2.05) is 7.05 Å². The zero-order valence-corrected chi connectivity index (χ0v) is 16.1. The summed E-state index contributed by atoms with van der Waals surface area (Å²) in [5, 5.41) is 3.22. The van der Waals surface area contributed by atoms with E-state index in [0.717, 1.165) is 6.54 Å². The molecule has 2 aliphatic carbocycles. The minimum Gasteiger partial charge on any atom is -0.316 e. The smallest absolute Gasteiger partial charge is 0.0202 e. The Morgan fingerprint density at radius 1 is 0.667 bits per heavy atom. The van der Waals surface area contributed by atoms with Crippen LogP contribution >= 0.6 is 0 Å². The quantitative estimate of drug-likeness (QED) is 0.635. The van der Waals surface area contributed by atoms with Crippen LogP contribution in [0.25, 0.3) is 22.3 Å². The fourth-order valence-electron chi connectivity index (χ4n) is 4.96. The fraction of sp³-hybridized carbons (Fsp3) is 0.308. The summed E-state index contributed by atoms with van der Waals surface area (Å²) >= 11 is 0. The Labute approximate surface area is 162 Å². The number of benzene rings is 3. The summed E-state index contributed by atoms with van der Waals surface area (Å²) in [5.41, 5.74) is 13.4. The molecule has 0 spiro atoms. The van der Waals surface area contributed by atoms with Gasteiger partial charge in [0, 0.05) is 6.54 Å². The van der Waals surface area contributed by atoms with Crippen LogP contribution in [0.5, 0.6) is 0 Å². The first-order chi connectivity index (χ1) is 13.3. The predicted octanol–water partition coefficient (Wildman–Crippen LogP) is 5.72. The van der Waals surface area contributed by atoms with E-state index in [0.29, 0.717) is 0 Å². The molecule has 3 aromatic rings. The Balaban J connectivity index is 1.52. The molecule has 2 aliphatic rings. The Kier molecular flexibility index (Phi) is 4.33. The van der Waals surface area contributed by atoms with Crippen LogP contribution in [-0.4, -0.2) is 7.05 Å². The minimum atomic E-state index is 0.922. The Morgan fingerprint density at radius 3 is 2.30 bits per heavy atom. The van der Waals surface area contributed by atoms with E-state index in [2.05, 4.69) is 59.9 Å². The van der Waals surface area contributed by atoms with Gasteiger partial charge in [-0.3, -0.25) is 0 Å². The second kappa shape index (κ2) is 6.98. The van der Waals surface area contributed by atoms with Crippen LogP contribution in [0.15, 0.2) is 54.6 Å². The highest BCUT2D eigenvalue weighted by Crippen LogP contribution is 2.40. The normalized spacial score (nSPS) is 15.0. The van der Waals surface area contributed by atoms with Crippen molar-refractivity contribution >= 4 is 0 Å². The molecule has 0 radical (unpaired) electrons. The lowest BCUT2D eigenvalue weighted by atomic mass is 9.78. The van der Waals surface area contributed by atoms with Gasteiger partial charge in [0.2, 0.25) is 0 Å². The molecular formula is C26H27N. The standard InChI is InChI=1S/C26H27N/c1-27-17-18-6-8-19(9-7-18)21-11-13-24-22(16-21)12-15-25-23-5-3-2-4-20(23)10-14-26(24)25/h6-11,13-14,16,27H,2-5,12,15,17H2,1H3. The van der Waals surface area contributed by atoms with Gasteiger partial charge in [0.15, 0.2) is 0 Å². The highest BCUT2D eigenvalue weighted by molar-refractivity contribution is 5.78. The molecule has 0 saturated heterocycles. The van der Waals surface area contributed by atoms with Gasteiger partial charge in [0.05, 0.1) is 0 Å². The van der Waals surface area contributed by atoms with Crippen LogP contribution in [-0.2, 0) is 32.2 Å². The van der Waals surface area contributed by atoms with E-state index in [1.54, 1.807) is 16.7 Å². The van der Waals surface area contributed by atoms with E-state index < -0.39 is 0 Å². The third-order valence-electron chi connectivity index (χ3n) is 6.36. The molecule has 0 amide bonds. The van der Waals surface area contributed by atoms with Gasteiger partial charge in [-0.1, -0.05) is 54.6 Å². The summed E-state index contributed by atoms with van der Waals surface area (Å²) in [6.45, 7) is 0.922. The van der Waals surface area contributed by atoms with Crippen molar-refractivity contribution in [2.75, 3.05) is 7.05 Å². The van der Waals surface area contributed by atoms with Crippen molar-refractivity contribution in [3.05, 3.63) is 82.4 Å². The maximum Gasteiger partial charge on any atom is 0.0202 e. The lowest BCUT2D eigenvalue weighted by molar-refractivity contribution is 0.676. The molecule has 0 aliphatic heterocycles. The first-order valence-corrected chi connectivity index (χ1v) is 10.3. The lowest BCUT2D eigenvalue weighted by Gasteiger charge is -2.27. The van der Waals surface area contributed by atoms with Crippen LogP contribution in [0.4, 0.5) is 0 Å². The summed E-state index contributed by atoms with van der Waals surface area (Å²) in [7, 11) is 1.99. The van der Waals surface area contributed by atoms with Crippen molar-refractivity contribution in [1.82, 2.24) is 5.32 Å². The molecule has 27 heavy (non-hydrogen) atoms. The molecule has 0 unspecified atom stereocenters. The molecule has 0 bridgehead atoms. The third kappa shape index (κ3) is 3.00. The fourth-order valence-corrected chi connectivity index (χ4v) is 4.96. The van der Waals surface area contributed by atoms with Gasteiger partial charge in [0.1, 0.15) is 0 Å². The highest BCUT2D eigenvalue weighted by atomic mass is 14.8. The topological polar surface area (TPSA) is 12.0 Å². The zero-order valence-electron chi connectivity index (χ0n) is 16.1. The summed E-state index contributed by atoms with van der Waals surface area (Å²) < 4.78 is 0. The molecule has 0 aromatic heterocycles. The second-order valence-corrected chi connectivity index (χ2v) is 8.04. The van der Waals surface area contributed by atoms with Crippen molar-refractivity contribution in [3.8, 4) is 22.3 Å². The molecule has 0 fully saturated rings. The van der Waals surface area contributed by atoms with Crippen LogP contribution in [0.1, 0.15) is 40.7 Å². The van der Waals surface area contributed by atoms with Gasteiger partial charge >= 0.3 is 0 Å². The van der Waals surface area contributed by atoms with E-state index in [9.17, 15) is 0 Å². The van der Waals surface area contributed by atoms with E-state index in [-0.39, 0.29) is 0 Å². The number of rotatable bonds is 3. The van der Waals surface area contributed by atoms with Crippen molar-refractivity contribution in [3.63, 3.8) is 0 Å². The number of nitrogens with one attached hydrogen (secondary N) is 1. The summed E-state index contributed by atoms with van der Waals surface area (Å²) in [5.74, 6) is 0. The number of hydrogen-bond acceptors (Lipinski definition) is 1. The SMILES string of the molecule is CNCc1ccc(-c2ccc3c(c2)CCc2c-3ccc3c2CCCC3)cc1. The molecular weight excluding hydrogens is 326 g/mol. The van der Waals surface area contributed by atoms with Crippen molar-refractivity contribution in [1.29, 1.82) is 0 Å². The van der Waals surface area contributed by atoms with E-state index >= 15 is 0 Å². The predicted molar refractivity (Wildman–Crippen MR) is 114 cm³/mol. The van der Waals surface area contributed by atoms with Gasteiger partial charge in [-0.2, -0.15) is 0 Å². The van der Waals surface area contributed by atoms with Crippen LogP contribution in [0, 0.1) is 0 Å². The highest BCUT2D eigenvalue weighted by Gasteiger charge is 2.22. The maximum absolute atomic E-state index is 3.22. The van der Waals surface area contributed by atoms with Gasteiger partial charge in [-0.05, 0) is 95.6 Å². The zero-order chi connectivity index (χ0) is 18.2. The first kappa shape index (κ1) is 16.8. The monoisotopic (exact) mass is 353 g/mol. The van der Waals surface area contributed by atoms with Crippen molar-refractivity contribution in [2.24, 2.45) is 0 Å². The average Bonchev–Trinajstić information content (AvgIpc) is 2.73. The van der Waals surface area contributed by atoms with Crippen LogP contribution in [0.3, 0.4) is 0 Å². The Bertz CT molecular complexity index is 982. The molecule has 0 atom stereocenters. The first-order valence-electron chi connectivity index (χ1n) is 10.3. The average molecular weight is 354 g/mol. The van der Waals surface area contributed by atoms with Gasteiger partial charge in [-0.25, -0.2) is 0 Å². The summed E-state index contributed by atoms with van der Waals surface area (Å²) in [6, 6.07) is 20.8. The maximum atomic E-state index is 3.22. The molecule has 0 saturated carbocycles. The Morgan fingerprint density at radius 2 is 1.44 bits per heavy atom. The summed E-state index contributed by atoms with van der Waals surface area (Å²) in [4.78, 5) is 0. The third-order valence-corrected chi connectivity index (χ3v) is 6.36. The molecule has 136 valence electrons. The van der Waals surface area contributed by atoms with Crippen LogP contribution in [0.2, 0.25) is 0 Å². The molecule has 3 aromatic carbocycles. The van der Waals surface area contributed by atoms with E-state index in [4.69, 9.17) is 0 Å².